The molecule has 0 aliphatic carbocycles. The highest BCUT2D eigenvalue weighted by Crippen LogP contribution is 2.30. The average molecular weight is 336 g/mol. The summed E-state index contributed by atoms with van der Waals surface area (Å²) < 4.78 is 5.11. The maximum atomic E-state index is 12.8. The molecule has 2 aromatic rings. The van der Waals surface area contributed by atoms with Crippen LogP contribution in [0.25, 0.3) is 6.08 Å². The Balaban J connectivity index is 1.96. The number of phenols is 1. The summed E-state index contributed by atoms with van der Waals surface area (Å²) in [5.41, 5.74) is 4.96. The molecule has 0 saturated carbocycles. The van der Waals surface area contributed by atoms with E-state index in [2.05, 4.69) is 5.10 Å². The van der Waals surface area contributed by atoms with Crippen LogP contribution in [-0.4, -0.2) is 23.8 Å². The Bertz CT molecular complexity index is 913. The Morgan fingerprint density at radius 1 is 1.08 bits per heavy atom. The van der Waals surface area contributed by atoms with Crippen LogP contribution in [0.1, 0.15) is 23.6 Å². The first-order valence-electron chi connectivity index (χ1n) is 7.96. The number of hydrogen-bond acceptors (Lipinski definition) is 4. The molecule has 1 N–H and O–H groups in total. The van der Waals surface area contributed by atoms with Crippen molar-refractivity contribution < 1.29 is 14.6 Å². The van der Waals surface area contributed by atoms with Crippen molar-refractivity contribution in [3.8, 4) is 11.5 Å². The standard InChI is InChI=1S/C20H20N2O3/c1-12-5-7-16(9-13(12)2)22-20(24)17(14(3)21-22)10-15-6-8-18(23)19(11-15)25-4/h5-11,23H,1-4H3/b17-10+. The minimum Gasteiger partial charge on any atom is -0.504 e. The minimum absolute atomic E-state index is 0.0598. The van der Waals surface area contributed by atoms with E-state index in [4.69, 9.17) is 4.74 Å². The van der Waals surface area contributed by atoms with E-state index in [-0.39, 0.29) is 11.7 Å². The lowest BCUT2D eigenvalue weighted by Crippen LogP contribution is -2.21. The number of anilines is 1. The number of benzene rings is 2. The number of hydrogen-bond donors (Lipinski definition) is 1. The average Bonchev–Trinajstić information content (AvgIpc) is 2.87. The quantitative estimate of drug-likeness (QED) is 0.867. The van der Waals surface area contributed by atoms with Gasteiger partial charge < -0.3 is 9.84 Å². The van der Waals surface area contributed by atoms with Gasteiger partial charge in [-0.1, -0.05) is 12.1 Å². The Labute approximate surface area is 146 Å². The summed E-state index contributed by atoms with van der Waals surface area (Å²) in [6.07, 6.45) is 1.75. The highest BCUT2D eigenvalue weighted by molar-refractivity contribution is 6.32. The van der Waals surface area contributed by atoms with Crippen LogP contribution in [0.2, 0.25) is 0 Å². The number of aryl methyl sites for hydroxylation is 2. The number of nitrogens with zero attached hydrogens (tertiary/aromatic N) is 2. The molecule has 0 saturated heterocycles. The van der Waals surface area contributed by atoms with Crippen LogP contribution in [0.4, 0.5) is 5.69 Å². The first-order chi connectivity index (χ1) is 11.9. The Hall–Kier alpha value is -3.08. The zero-order valence-electron chi connectivity index (χ0n) is 14.7. The molecule has 0 spiro atoms. The summed E-state index contributed by atoms with van der Waals surface area (Å²) in [5.74, 6) is 0.248. The summed E-state index contributed by atoms with van der Waals surface area (Å²) in [5, 5.41) is 15.5. The van der Waals surface area contributed by atoms with Crippen molar-refractivity contribution in [2.45, 2.75) is 20.8 Å². The van der Waals surface area contributed by atoms with Crippen LogP contribution in [0.3, 0.4) is 0 Å². The molecule has 0 radical (unpaired) electrons. The highest BCUT2D eigenvalue weighted by atomic mass is 16.5. The zero-order valence-corrected chi connectivity index (χ0v) is 14.7. The molecule has 5 heteroatoms. The predicted molar refractivity (Wildman–Crippen MR) is 99.1 cm³/mol. The van der Waals surface area contributed by atoms with Crippen molar-refractivity contribution >= 4 is 23.4 Å². The summed E-state index contributed by atoms with van der Waals surface area (Å²) >= 11 is 0. The van der Waals surface area contributed by atoms with Gasteiger partial charge in [-0.15, -0.1) is 0 Å². The van der Waals surface area contributed by atoms with Gasteiger partial charge in [-0.25, -0.2) is 0 Å². The number of ether oxygens (including phenoxy) is 1. The monoisotopic (exact) mass is 336 g/mol. The smallest absolute Gasteiger partial charge is 0.280 e. The third kappa shape index (κ3) is 3.13. The fourth-order valence-corrected chi connectivity index (χ4v) is 2.67. The molecule has 25 heavy (non-hydrogen) atoms. The first kappa shape index (κ1) is 16.8. The molecule has 2 aromatic carbocycles. The molecule has 1 amide bonds. The topological polar surface area (TPSA) is 62.1 Å². The normalized spacial score (nSPS) is 15.7. The SMILES string of the molecule is COc1cc(/C=C2/C(=O)N(c3ccc(C)c(C)c3)N=C2C)ccc1O. The predicted octanol–water partition coefficient (Wildman–Crippen LogP) is 3.82. The molecule has 0 aromatic heterocycles. The number of aromatic hydroxyl groups is 1. The van der Waals surface area contributed by atoms with Gasteiger partial charge in [-0.2, -0.15) is 10.1 Å². The van der Waals surface area contributed by atoms with Gasteiger partial charge in [0.05, 0.1) is 24.1 Å². The summed E-state index contributed by atoms with van der Waals surface area (Å²) in [7, 11) is 1.49. The summed E-state index contributed by atoms with van der Waals surface area (Å²) in [6, 6.07) is 10.8. The number of amides is 1. The van der Waals surface area contributed by atoms with Gasteiger partial charge in [-0.05, 0) is 67.8 Å². The summed E-state index contributed by atoms with van der Waals surface area (Å²) in [6.45, 7) is 5.85. The molecule has 1 aliphatic heterocycles. The molecule has 1 aliphatic rings. The molecule has 0 fully saturated rings. The fourth-order valence-electron chi connectivity index (χ4n) is 2.67. The van der Waals surface area contributed by atoms with Gasteiger partial charge >= 0.3 is 0 Å². The van der Waals surface area contributed by atoms with Gasteiger partial charge in [0.2, 0.25) is 0 Å². The van der Waals surface area contributed by atoms with Crippen molar-refractivity contribution in [1.29, 1.82) is 0 Å². The Morgan fingerprint density at radius 2 is 1.84 bits per heavy atom. The summed E-state index contributed by atoms with van der Waals surface area (Å²) in [4.78, 5) is 12.8. The molecule has 0 bridgehead atoms. The molecule has 3 rings (SSSR count). The number of carbonyl (C=O) groups excluding carboxylic acids is 1. The lowest BCUT2D eigenvalue weighted by Gasteiger charge is -2.13. The Morgan fingerprint density at radius 3 is 2.52 bits per heavy atom. The molecular weight excluding hydrogens is 316 g/mol. The van der Waals surface area contributed by atoms with Crippen molar-refractivity contribution in [2.24, 2.45) is 5.10 Å². The van der Waals surface area contributed by atoms with Crippen molar-refractivity contribution in [3.05, 3.63) is 58.7 Å². The van der Waals surface area contributed by atoms with Crippen molar-refractivity contribution in [2.75, 3.05) is 12.1 Å². The number of rotatable bonds is 3. The van der Waals surface area contributed by atoms with E-state index in [1.165, 1.54) is 23.7 Å². The van der Waals surface area contributed by atoms with Gasteiger partial charge in [0, 0.05) is 0 Å². The van der Waals surface area contributed by atoms with Gasteiger partial charge in [0.25, 0.3) is 5.91 Å². The third-order valence-electron chi connectivity index (χ3n) is 4.31. The van der Waals surface area contributed by atoms with E-state index >= 15 is 0 Å². The zero-order chi connectivity index (χ0) is 18.1. The van der Waals surface area contributed by atoms with Crippen molar-refractivity contribution in [1.82, 2.24) is 0 Å². The first-order valence-corrected chi connectivity index (χ1v) is 7.96. The molecule has 1 heterocycles. The van der Waals surface area contributed by atoms with Crippen LogP contribution in [0.15, 0.2) is 47.1 Å². The third-order valence-corrected chi connectivity index (χ3v) is 4.31. The molecule has 5 nitrogen and oxygen atoms in total. The molecule has 128 valence electrons. The second-order valence-corrected chi connectivity index (χ2v) is 6.06. The van der Waals surface area contributed by atoms with Crippen LogP contribution in [0, 0.1) is 13.8 Å². The van der Waals surface area contributed by atoms with E-state index in [1.54, 1.807) is 18.2 Å². The number of carbonyl (C=O) groups is 1. The fraction of sp³-hybridized carbons (Fsp3) is 0.200. The van der Waals surface area contributed by atoms with Gasteiger partial charge in [-0.3, -0.25) is 4.79 Å². The lowest BCUT2D eigenvalue weighted by atomic mass is 10.1. The van der Waals surface area contributed by atoms with E-state index < -0.39 is 0 Å². The second-order valence-electron chi connectivity index (χ2n) is 6.06. The minimum atomic E-state index is -0.173. The van der Waals surface area contributed by atoms with Gasteiger partial charge in [0.1, 0.15) is 0 Å². The maximum Gasteiger partial charge on any atom is 0.280 e. The van der Waals surface area contributed by atoms with E-state index in [0.29, 0.717) is 17.0 Å². The van der Waals surface area contributed by atoms with Crippen LogP contribution >= 0.6 is 0 Å². The van der Waals surface area contributed by atoms with Crippen molar-refractivity contribution in [3.63, 3.8) is 0 Å². The van der Waals surface area contributed by atoms with E-state index in [1.807, 2.05) is 39.0 Å². The van der Waals surface area contributed by atoms with E-state index in [0.717, 1.165) is 16.8 Å². The van der Waals surface area contributed by atoms with Crippen LogP contribution in [0.5, 0.6) is 11.5 Å². The second kappa shape index (κ2) is 6.43. The van der Waals surface area contributed by atoms with E-state index in [9.17, 15) is 9.90 Å². The Kier molecular flexibility index (Phi) is 4.31. The molecule has 0 unspecified atom stereocenters. The molecule has 0 atom stereocenters. The highest BCUT2D eigenvalue weighted by Gasteiger charge is 2.28. The van der Waals surface area contributed by atoms with Gasteiger partial charge in [0.15, 0.2) is 11.5 Å². The largest absolute Gasteiger partial charge is 0.504 e. The number of phenolic OH excluding ortho intramolecular Hbond substituents is 1. The lowest BCUT2D eigenvalue weighted by molar-refractivity contribution is -0.114. The molecular formula is C20H20N2O3. The number of methoxy groups -OCH3 is 1. The maximum absolute atomic E-state index is 12.8. The van der Waals surface area contributed by atoms with Crippen LogP contribution in [-0.2, 0) is 4.79 Å². The van der Waals surface area contributed by atoms with Crippen LogP contribution < -0.4 is 9.75 Å². The number of hydrazone groups is 1.